The summed E-state index contributed by atoms with van der Waals surface area (Å²) in [7, 11) is 1.68. The molecule has 0 aromatic carbocycles. The van der Waals surface area contributed by atoms with Gasteiger partial charge in [-0.25, -0.2) is 0 Å². The van der Waals surface area contributed by atoms with Crippen molar-refractivity contribution in [3.8, 4) is 0 Å². The van der Waals surface area contributed by atoms with Crippen LogP contribution in [-0.2, 0) is 15.9 Å². The van der Waals surface area contributed by atoms with Gasteiger partial charge in [-0.15, -0.1) is 11.3 Å². The Morgan fingerprint density at radius 3 is 2.88 bits per heavy atom. The Bertz CT molecular complexity index is 304. The molecule has 1 N–H and O–H groups in total. The highest BCUT2D eigenvalue weighted by atomic mass is 32.1. The second-order valence-electron chi connectivity index (χ2n) is 4.18. The third-order valence-corrected chi connectivity index (χ3v) is 4.23. The molecule has 4 heteroatoms. The van der Waals surface area contributed by atoms with E-state index >= 15 is 0 Å². The highest BCUT2D eigenvalue weighted by Crippen LogP contribution is 2.30. The van der Waals surface area contributed by atoms with Crippen LogP contribution in [0.25, 0.3) is 0 Å². The summed E-state index contributed by atoms with van der Waals surface area (Å²) >= 11 is 1.68. The Hall–Kier alpha value is -0.420. The Kier molecular flexibility index (Phi) is 3.97. The number of hydrogen-bond acceptors (Lipinski definition) is 4. The quantitative estimate of drug-likeness (QED) is 0.875. The first-order valence-corrected chi connectivity index (χ1v) is 6.48. The molecule has 90 valence electrons. The van der Waals surface area contributed by atoms with Crippen LogP contribution in [0.3, 0.4) is 0 Å². The maximum Gasteiger partial charge on any atom is 0.0983 e. The van der Waals surface area contributed by atoms with E-state index in [9.17, 15) is 5.11 Å². The summed E-state index contributed by atoms with van der Waals surface area (Å²) in [5.74, 6) is 0. The number of ether oxygens (including phenoxy) is 2. The summed E-state index contributed by atoms with van der Waals surface area (Å²) < 4.78 is 10.9. The molecule has 1 aromatic rings. The lowest BCUT2D eigenvalue weighted by molar-refractivity contribution is -0.151. The smallest absolute Gasteiger partial charge is 0.0983 e. The normalized spacial score (nSPS) is 21.9. The molecule has 0 bridgehead atoms. The minimum absolute atomic E-state index is 0.414. The lowest BCUT2D eigenvalue weighted by Crippen LogP contribution is -2.49. The van der Waals surface area contributed by atoms with Crippen molar-refractivity contribution >= 4 is 11.3 Å². The topological polar surface area (TPSA) is 38.7 Å². The maximum absolute atomic E-state index is 10.3. The molecular weight excluding hydrogens is 224 g/mol. The molecule has 16 heavy (non-hydrogen) atoms. The summed E-state index contributed by atoms with van der Waals surface area (Å²) in [6.45, 7) is 1.35. The minimum Gasteiger partial charge on any atom is -0.390 e. The van der Waals surface area contributed by atoms with Gasteiger partial charge in [-0.2, -0.15) is 0 Å². The molecule has 3 nitrogen and oxygen atoms in total. The van der Waals surface area contributed by atoms with Gasteiger partial charge in [0.15, 0.2) is 0 Å². The van der Waals surface area contributed by atoms with Crippen LogP contribution in [0, 0.1) is 0 Å². The standard InChI is InChI=1S/C12H18O3S/c1-14-12(4-6-15-7-5-12)11(13)9-10-3-2-8-16-10/h2-3,8,11,13H,4-7,9H2,1H3. The lowest BCUT2D eigenvalue weighted by Gasteiger charge is -2.39. The molecule has 0 saturated carbocycles. The Morgan fingerprint density at radius 2 is 2.31 bits per heavy atom. The van der Waals surface area contributed by atoms with Crippen molar-refractivity contribution in [3.05, 3.63) is 22.4 Å². The van der Waals surface area contributed by atoms with Gasteiger partial charge < -0.3 is 14.6 Å². The molecule has 1 saturated heterocycles. The van der Waals surface area contributed by atoms with Gasteiger partial charge in [0.05, 0.1) is 11.7 Å². The van der Waals surface area contributed by atoms with Crippen LogP contribution < -0.4 is 0 Å². The van der Waals surface area contributed by atoms with Crippen LogP contribution in [0.4, 0.5) is 0 Å². The molecule has 0 spiro atoms. The summed E-state index contributed by atoms with van der Waals surface area (Å²) in [5, 5.41) is 12.4. The van der Waals surface area contributed by atoms with Crippen LogP contribution in [0.1, 0.15) is 17.7 Å². The van der Waals surface area contributed by atoms with Gasteiger partial charge in [0.2, 0.25) is 0 Å². The monoisotopic (exact) mass is 242 g/mol. The number of aliphatic hydroxyl groups excluding tert-OH is 1. The van der Waals surface area contributed by atoms with E-state index in [0.29, 0.717) is 19.6 Å². The van der Waals surface area contributed by atoms with E-state index in [1.165, 1.54) is 4.88 Å². The molecule has 0 aliphatic carbocycles. The lowest BCUT2D eigenvalue weighted by atomic mass is 9.86. The molecule has 0 radical (unpaired) electrons. The number of aliphatic hydroxyl groups is 1. The summed E-state index contributed by atoms with van der Waals surface area (Å²) in [6.07, 6.45) is 1.78. The molecule has 1 atom stereocenters. The number of rotatable bonds is 4. The van der Waals surface area contributed by atoms with Gasteiger partial charge in [0, 0.05) is 44.5 Å². The van der Waals surface area contributed by atoms with Gasteiger partial charge in [0.25, 0.3) is 0 Å². The van der Waals surface area contributed by atoms with Crippen molar-refractivity contribution in [1.82, 2.24) is 0 Å². The fourth-order valence-corrected chi connectivity index (χ4v) is 2.94. The summed E-state index contributed by atoms with van der Waals surface area (Å²) in [5.41, 5.74) is -0.414. The molecule has 1 aliphatic rings. The second kappa shape index (κ2) is 5.27. The molecule has 2 rings (SSSR count). The van der Waals surface area contributed by atoms with E-state index < -0.39 is 11.7 Å². The third-order valence-electron chi connectivity index (χ3n) is 3.33. The number of methoxy groups -OCH3 is 1. The van der Waals surface area contributed by atoms with Crippen LogP contribution in [0.15, 0.2) is 17.5 Å². The van der Waals surface area contributed by atoms with Gasteiger partial charge in [-0.3, -0.25) is 0 Å². The Balaban J connectivity index is 2.02. The predicted octanol–water partition coefficient (Wildman–Crippen LogP) is 1.85. The second-order valence-corrected chi connectivity index (χ2v) is 5.21. The SMILES string of the molecule is COC1(C(O)Cc2cccs2)CCOCC1. The van der Waals surface area contributed by atoms with Crippen molar-refractivity contribution in [2.24, 2.45) is 0 Å². The first kappa shape index (κ1) is 12.0. The largest absolute Gasteiger partial charge is 0.390 e. The number of thiophene rings is 1. The minimum atomic E-state index is -0.444. The van der Waals surface area contributed by atoms with E-state index in [1.807, 2.05) is 11.4 Å². The fraction of sp³-hybridized carbons (Fsp3) is 0.667. The van der Waals surface area contributed by atoms with Gasteiger partial charge in [-0.1, -0.05) is 6.07 Å². The van der Waals surface area contributed by atoms with E-state index in [1.54, 1.807) is 18.4 Å². The van der Waals surface area contributed by atoms with Gasteiger partial charge in [0.1, 0.15) is 0 Å². The average Bonchev–Trinajstić information content (AvgIpc) is 2.82. The molecule has 1 fully saturated rings. The van der Waals surface area contributed by atoms with Crippen molar-refractivity contribution in [2.75, 3.05) is 20.3 Å². The zero-order valence-electron chi connectivity index (χ0n) is 9.52. The van der Waals surface area contributed by atoms with Crippen LogP contribution in [0.5, 0.6) is 0 Å². The van der Waals surface area contributed by atoms with Gasteiger partial charge >= 0.3 is 0 Å². The van der Waals surface area contributed by atoms with Crippen molar-refractivity contribution in [2.45, 2.75) is 31.0 Å². The third kappa shape index (κ3) is 2.46. The van der Waals surface area contributed by atoms with E-state index in [-0.39, 0.29) is 0 Å². The molecular formula is C12H18O3S. The molecule has 1 unspecified atom stereocenters. The van der Waals surface area contributed by atoms with E-state index in [4.69, 9.17) is 9.47 Å². The number of hydrogen-bond donors (Lipinski definition) is 1. The highest BCUT2D eigenvalue weighted by molar-refractivity contribution is 7.09. The summed E-state index contributed by atoms with van der Waals surface area (Å²) in [6, 6.07) is 4.06. The zero-order valence-corrected chi connectivity index (χ0v) is 10.3. The molecule has 2 heterocycles. The predicted molar refractivity (Wildman–Crippen MR) is 63.8 cm³/mol. The van der Waals surface area contributed by atoms with Crippen LogP contribution in [0.2, 0.25) is 0 Å². The fourth-order valence-electron chi connectivity index (χ4n) is 2.20. The summed E-state index contributed by atoms with van der Waals surface area (Å²) in [4.78, 5) is 1.20. The van der Waals surface area contributed by atoms with Crippen molar-refractivity contribution < 1.29 is 14.6 Å². The first-order valence-electron chi connectivity index (χ1n) is 5.60. The van der Waals surface area contributed by atoms with Crippen LogP contribution >= 0.6 is 11.3 Å². The van der Waals surface area contributed by atoms with E-state index in [0.717, 1.165) is 12.8 Å². The highest BCUT2D eigenvalue weighted by Gasteiger charge is 2.39. The van der Waals surface area contributed by atoms with Crippen molar-refractivity contribution in [3.63, 3.8) is 0 Å². The zero-order chi connectivity index (χ0) is 11.4. The maximum atomic E-state index is 10.3. The molecule has 0 amide bonds. The van der Waals surface area contributed by atoms with Crippen LogP contribution in [-0.4, -0.2) is 37.1 Å². The van der Waals surface area contributed by atoms with E-state index in [2.05, 4.69) is 6.07 Å². The first-order chi connectivity index (χ1) is 7.77. The Labute approximate surface area is 100 Å². The molecule has 1 aliphatic heterocycles. The Morgan fingerprint density at radius 1 is 1.56 bits per heavy atom. The average molecular weight is 242 g/mol. The van der Waals surface area contributed by atoms with Gasteiger partial charge in [-0.05, 0) is 11.4 Å². The van der Waals surface area contributed by atoms with Crippen molar-refractivity contribution in [1.29, 1.82) is 0 Å². The molecule has 1 aromatic heterocycles.